The first kappa shape index (κ1) is 23.8. The number of anilines is 2. The highest BCUT2D eigenvalue weighted by atomic mass is 19.4. The van der Waals surface area contributed by atoms with Gasteiger partial charge in [0.15, 0.2) is 0 Å². The summed E-state index contributed by atoms with van der Waals surface area (Å²) in [7, 11) is 2.08. The van der Waals surface area contributed by atoms with Crippen molar-refractivity contribution >= 4 is 17.7 Å². The lowest BCUT2D eigenvalue weighted by Gasteiger charge is -2.38. The lowest BCUT2D eigenvalue weighted by atomic mass is 10.0. The van der Waals surface area contributed by atoms with Crippen LogP contribution in [-0.2, 0) is 23.9 Å². The van der Waals surface area contributed by atoms with Crippen molar-refractivity contribution in [2.24, 2.45) is 0 Å². The molecule has 3 aliphatic rings. The van der Waals surface area contributed by atoms with Crippen LogP contribution in [0, 0.1) is 0 Å². The fourth-order valence-electron chi connectivity index (χ4n) is 4.75. The van der Waals surface area contributed by atoms with Gasteiger partial charge in [0, 0.05) is 63.4 Å². The fourth-order valence-corrected chi connectivity index (χ4v) is 4.75. The first-order chi connectivity index (χ1) is 16.8. The predicted molar refractivity (Wildman–Crippen MR) is 125 cm³/mol. The molecule has 1 amide bonds. The molecule has 4 heterocycles. The molecule has 1 aromatic heterocycles. The van der Waals surface area contributed by atoms with Crippen molar-refractivity contribution < 1.29 is 22.7 Å². The van der Waals surface area contributed by atoms with E-state index in [2.05, 4.69) is 21.7 Å². The Bertz CT molecular complexity index is 1080. The molecule has 8 nitrogen and oxygen atoms in total. The summed E-state index contributed by atoms with van der Waals surface area (Å²) >= 11 is 0. The molecule has 11 heteroatoms. The van der Waals surface area contributed by atoms with Gasteiger partial charge in [-0.15, -0.1) is 0 Å². The zero-order valence-corrected chi connectivity index (χ0v) is 19.7. The van der Waals surface area contributed by atoms with Gasteiger partial charge in [0.1, 0.15) is 5.82 Å². The van der Waals surface area contributed by atoms with E-state index in [9.17, 15) is 18.0 Å². The lowest BCUT2D eigenvalue weighted by Crippen LogP contribution is -2.46. The van der Waals surface area contributed by atoms with Crippen molar-refractivity contribution in [2.45, 2.75) is 19.1 Å². The highest BCUT2D eigenvalue weighted by Crippen LogP contribution is 2.32. The van der Waals surface area contributed by atoms with Crippen LogP contribution < -0.4 is 9.80 Å². The standard InChI is InChI=1S/C24H29F3N6O2/c1-30-7-9-31(10-8-30)21-19-16-33(22(34)17-3-2-4-18(15-17)24(25,26)27)6-5-20(19)28-23(29-21)32-11-13-35-14-12-32/h2-4,15H,5-14,16H2,1H3. The summed E-state index contributed by atoms with van der Waals surface area (Å²) in [5.74, 6) is 1.09. The molecule has 0 radical (unpaired) electrons. The normalized spacial score (nSPS) is 19.6. The van der Waals surface area contributed by atoms with Gasteiger partial charge < -0.3 is 24.3 Å². The van der Waals surface area contributed by atoms with Crippen molar-refractivity contribution in [1.82, 2.24) is 19.8 Å². The van der Waals surface area contributed by atoms with Crippen molar-refractivity contribution in [3.63, 3.8) is 0 Å². The molecule has 2 fully saturated rings. The minimum Gasteiger partial charge on any atom is -0.378 e. The van der Waals surface area contributed by atoms with Crippen LogP contribution in [0.1, 0.15) is 27.2 Å². The third-order valence-electron chi connectivity index (χ3n) is 6.85. The van der Waals surface area contributed by atoms with Crippen molar-refractivity contribution in [2.75, 3.05) is 75.9 Å². The molecule has 3 aliphatic heterocycles. The van der Waals surface area contributed by atoms with E-state index in [1.54, 1.807) is 4.90 Å². The minimum absolute atomic E-state index is 0.0373. The maximum Gasteiger partial charge on any atom is 0.416 e. The van der Waals surface area contributed by atoms with Crippen LogP contribution in [0.25, 0.3) is 0 Å². The molecule has 0 bridgehead atoms. The van der Waals surface area contributed by atoms with Crippen LogP contribution in [0.2, 0.25) is 0 Å². The molecule has 1 aromatic carbocycles. The van der Waals surface area contributed by atoms with Gasteiger partial charge in [0.25, 0.3) is 5.91 Å². The van der Waals surface area contributed by atoms with E-state index in [0.717, 1.165) is 68.5 Å². The van der Waals surface area contributed by atoms with Gasteiger partial charge in [0.2, 0.25) is 5.95 Å². The number of carbonyl (C=O) groups excluding carboxylic acids is 1. The minimum atomic E-state index is -4.50. The number of carbonyl (C=O) groups is 1. The molecular formula is C24H29F3N6O2. The van der Waals surface area contributed by atoms with Crippen molar-refractivity contribution in [3.05, 3.63) is 46.6 Å². The molecule has 35 heavy (non-hydrogen) atoms. The molecule has 0 N–H and O–H groups in total. The smallest absolute Gasteiger partial charge is 0.378 e. The quantitative estimate of drug-likeness (QED) is 0.654. The molecule has 5 rings (SSSR count). The number of aromatic nitrogens is 2. The van der Waals surface area contributed by atoms with Gasteiger partial charge in [0.05, 0.1) is 31.0 Å². The van der Waals surface area contributed by atoms with E-state index in [1.807, 2.05) is 0 Å². The number of benzene rings is 1. The molecule has 2 aromatic rings. The molecular weight excluding hydrogens is 461 g/mol. The predicted octanol–water partition coefficient (Wildman–Crippen LogP) is 2.28. The first-order valence-corrected chi connectivity index (χ1v) is 11.9. The second-order valence-corrected chi connectivity index (χ2v) is 9.22. The number of halogens is 3. The monoisotopic (exact) mass is 490 g/mol. The zero-order chi connectivity index (χ0) is 24.6. The summed E-state index contributed by atoms with van der Waals surface area (Å²) in [5, 5.41) is 0. The Balaban J connectivity index is 1.45. The summed E-state index contributed by atoms with van der Waals surface area (Å²) in [6.45, 7) is 6.79. The summed E-state index contributed by atoms with van der Waals surface area (Å²) in [4.78, 5) is 31.2. The number of morpholine rings is 1. The van der Waals surface area contributed by atoms with E-state index >= 15 is 0 Å². The van der Waals surface area contributed by atoms with E-state index in [4.69, 9.17) is 14.7 Å². The van der Waals surface area contributed by atoms with E-state index < -0.39 is 17.6 Å². The zero-order valence-electron chi connectivity index (χ0n) is 19.7. The summed E-state index contributed by atoms with van der Waals surface area (Å²) < 4.78 is 45.0. The number of alkyl halides is 3. The number of piperazine rings is 1. The SMILES string of the molecule is CN1CCN(c2nc(N3CCOCC3)nc3c2CN(C(=O)c2cccc(C(F)(F)F)c2)CC3)CC1. The second kappa shape index (κ2) is 9.62. The summed E-state index contributed by atoms with van der Waals surface area (Å²) in [5.41, 5.74) is 1.01. The third kappa shape index (κ3) is 5.06. The lowest BCUT2D eigenvalue weighted by molar-refractivity contribution is -0.137. The van der Waals surface area contributed by atoms with Crippen molar-refractivity contribution in [1.29, 1.82) is 0 Å². The van der Waals surface area contributed by atoms with Gasteiger partial charge in [-0.1, -0.05) is 6.07 Å². The van der Waals surface area contributed by atoms with Crippen molar-refractivity contribution in [3.8, 4) is 0 Å². The average molecular weight is 491 g/mol. The fraction of sp³-hybridized carbons (Fsp3) is 0.542. The molecule has 0 unspecified atom stereocenters. The number of likely N-dealkylation sites (N-methyl/N-ethyl adjacent to an activating group) is 1. The first-order valence-electron chi connectivity index (χ1n) is 11.9. The molecule has 2 saturated heterocycles. The number of fused-ring (bicyclic) bond motifs is 1. The van der Waals surface area contributed by atoms with Gasteiger partial charge in [-0.2, -0.15) is 18.2 Å². The Morgan fingerprint density at radius 1 is 0.971 bits per heavy atom. The molecule has 0 atom stereocenters. The topological polar surface area (TPSA) is 65.0 Å². The molecule has 0 saturated carbocycles. The molecule has 0 aliphatic carbocycles. The number of ether oxygens (including phenoxy) is 1. The maximum atomic E-state index is 13.2. The van der Waals surface area contributed by atoms with Crippen LogP contribution in [0.4, 0.5) is 24.9 Å². The van der Waals surface area contributed by atoms with Gasteiger partial charge >= 0.3 is 6.18 Å². The van der Waals surface area contributed by atoms with Gasteiger partial charge in [-0.3, -0.25) is 4.79 Å². The number of hydrogen-bond acceptors (Lipinski definition) is 7. The van der Waals surface area contributed by atoms with Crippen LogP contribution in [0.3, 0.4) is 0 Å². The number of nitrogens with zero attached hydrogens (tertiary/aromatic N) is 6. The maximum absolute atomic E-state index is 13.2. The third-order valence-corrected chi connectivity index (χ3v) is 6.85. The highest BCUT2D eigenvalue weighted by molar-refractivity contribution is 5.94. The van der Waals surface area contributed by atoms with Gasteiger partial charge in [-0.05, 0) is 25.2 Å². The van der Waals surface area contributed by atoms with Crippen LogP contribution in [-0.4, -0.2) is 91.7 Å². The second-order valence-electron chi connectivity index (χ2n) is 9.22. The van der Waals surface area contributed by atoms with Gasteiger partial charge in [-0.25, -0.2) is 4.98 Å². The Morgan fingerprint density at radius 3 is 2.43 bits per heavy atom. The Hall–Kier alpha value is -2.92. The number of amides is 1. The molecule has 0 spiro atoms. The highest BCUT2D eigenvalue weighted by Gasteiger charge is 2.33. The van der Waals surface area contributed by atoms with E-state index in [0.29, 0.717) is 32.1 Å². The van der Waals surface area contributed by atoms with E-state index in [1.165, 1.54) is 12.1 Å². The van der Waals surface area contributed by atoms with Crippen LogP contribution in [0.5, 0.6) is 0 Å². The summed E-state index contributed by atoms with van der Waals surface area (Å²) in [6, 6.07) is 4.62. The largest absolute Gasteiger partial charge is 0.416 e. The number of hydrogen-bond donors (Lipinski definition) is 0. The Morgan fingerprint density at radius 2 is 1.71 bits per heavy atom. The summed E-state index contributed by atoms with van der Waals surface area (Å²) in [6.07, 6.45) is -3.97. The van der Waals surface area contributed by atoms with E-state index in [-0.39, 0.29) is 12.1 Å². The van der Waals surface area contributed by atoms with Crippen LogP contribution in [0.15, 0.2) is 24.3 Å². The Labute approximate surface area is 202 Å². The average Bonchev–Trinajstić information content (AvgIpc) is 2.88. The molecule has 188 valence electrons. The number of rotatable bonds is 3. The Kier molecular flexibility index (Phi) is 6.54. The van der Waals surface area contributed by atoms with Crippen LogP contribution >= 0.6 is 0 Å².